The molecule has 8 nitrogen and oxygen atoms in total. The molecule has 1 saturated heterocycles. The van der Waals surface area contributed by atoms with Gasteiger partial charge < -0.3 is 20.2 Å². The maximum absolute atomic E-state index is 12.1. The van der Waals surface area contributed by atoms with E-state index in [4.69, 9.17) is 5.11 Å². The first-order valence-electron chi connectivity index (χ1n) is 7.92. The lowest BCUT2D eigenvalue weighted by atomic mass is 10.2. The molecule has 2 amide bonds. The van der Waals surface area contributed by atoms with Gasteiger partial charge in [0.2, 0.25) is 5.95 Å². The molecule has 0 radical (unpaired) electrons. The van der Waals surface area contributed by atoms with Gasteiger partial charge in [-0.25, -0.2) is 9.97 Å². The van der Waals surface area contributed by atoms with Crippen molar-refractivity contribution in [3.8, 4) is 0 Å². The molecule has 2 rings (SSSR count). The van der Waals surface area contributed by atoms with Crippen LogP contribution >= 0.6 is 0 Å². The van der Waals surface area contributed by atoms with Crippen LogP contribution in [-0.2, 0) is 9.59 Å². The Morgan fingerprint density at radius 2 is 1.78 bits per heavy atom. The van der Waals surface area contributed by atoms with Gasteiger partial charge in [-0.15, -0.1) is 0 Å². The lowest BCUT2D eigenvalue weighted by Crippen LogP contribution is -2.53. The molecular formula is C15H23N5O3. The van der Waals surface area contributed by atoms with Crippen molar-refractivity contribution in [1.29, 1.82) is 0 Å². The summed E-state index contributed by atoms with van der Waals surface area (Å²) in [5, 5.41) is 11.3. The summed E-state index contributed by atoms with van der Waals surface area (Å²) in [6.07, 6.45) is 5.68. The molecule has 1 aromatic heterocycles. The molecular weight excluding hydrogens is 298 g/mol. The fraction of sp³-hybridized carbons (Fsp3) is 0.600. The highest BCUT2D eigenvalue weighted by Gasteiger charge is 2.26. The van der Waals surface area contributed by atoms with Gasteiger partial charge in [0.1, 0.15) is 0 Å². The Morgan fingerprint density at radius 3 is 2.43 bits per heavy atom. The topological polar surface area (TPSA) is 98.7 Å². The number of piperazine rings is 1. The zero-order chi connectivity index (χ0) is 16.5. The van der Waals surface area contributed by atoms with Crippen molar-refractivity contribution < 1.29 is 14.7 Å². The quantitative estimate of drug-likeness (QED) is 0.536. The summed E-state index contributed by atoms with van der Waals surface area (Å²) in [7, 11) is 0. The molecule has 0 unspecified atom stereocenters. The van der Waals surface area contributed by atoms with Gasteiger partial charge in [0.05, 0.1) is 0 Å². The molecule has 0 aliphatic carbocycles. The Morgan fingerprint density at radius 1 is 1.09 bits per heavy atom. The number of nitrogens with one attached hydrogen (secondary N) is 1. The number of aliphatic hydroxyl groups is 1. The Bertz CT molecular complexity index is 503. The predicted molar refractivity (Wildman–Crippen MR) is 84.8 cm³/mol. The summed E-state index contributed by atoms with van der Waals surface area (Å²) >= 11 is 0. The molecule has 2 N–H and O–H groups in total. The van der Waals surface area contributed by atoms with E-state index in [9.17, 15) is 9.59 Å². The molecule has 0 spiro atoms. The first kappa shape index (κ1) is 17.1. The summed E-state index contributed by atoms with van der Waals surface area (Å²) in [6.45, 7) is 2.80. The monoisotopic (exact) mass is 321 g/mol. The molecule has 2 heterocycles. The summed E-state index contributed by atoms with van der Waals surface area (Å²) < 4.78 is 0. The number of unbranched alkanes of at least 4 members (excludes halogenated alkanes) is 2. The van der Waals surface area contributed by atoms with Crippen molar-refractivity contribution in [2.45, 2.75) is 19.3 Å². The molecule has 23 heavy (non-hydrogen) atoms. The maximum atomic E-state index is 12.1. The maximum Gasteiger partial charge on any atom is 0.312 e. The number of nitrogens with zero attached hydrogens (tertiary/aromatic N) is 4. The van der Waals surface area contributed by atoms with Crippen molar-refractivity contribution in [3.63, 3.8) is 0 Å². The van der Waals surface area contributed by atoms with Crippen molar-refractivity contribution in [2.24, 2.45) is 0 Å². The highest BCUT2D eigenvalue weighted by molar-refractivity contribution is 6.35. The number of carbonyl (C=O) groups excluding carboxylic acids is 2. The van der Waals surface area contributed by atoms with E-state index < -0.39 is 11.8 Å². The number of carbonyl (C=O) groups is 2. The first-order chi connectivity index (χ1) is 11.2. The lowest BCUT2D eigenvalue weighted by Gasteiger charge is -2.34. The van der Waals surface area contributed by atoms with Crippen molar-refractivity contribution in [2.75, 3.05) is 44.2 Å². The van der Waals surface area contributed by atoms with E-state index in [1.807, 2.05) is 4.90 Å². The molecule has 1 aliphatic rings. The normalized spacial score (nSPS) is 14.7. The van der Waals surface area contributed by atoms with Crippen molar-refractivity contribution in [1.82, 2.24) is 20.2 Å². The van der Waals surface area contributed by atoms with Crippen LogP contribution in [-0.4, -0.2) is 71.1 Å². The summed E-state index contributed by atoms with van der Waals surface area (Å²) in [4.78, 5) is 35.8. The van der Waals surface area contributed by atoms with E-state index in [1.54, 1.807) is 23.4 Å². The Balaban J connectivity index is 1.71. The van der Waals surface area contributed by atoms with Crippen LogP contribution in [0.1, 0.15) is 19.3 Å². The number of anilines is 1. The number of hydrogen-bond donors (Lipinski definition) is 2. The van der Waals surface area contributed by atoms with Crippen molar-refractivity contribution in [3.05, 3.63) is 18.5 Å². The predicted octanol–water partition coefficient (Wildman–Crippen LogP) is -0.596. The van der Waals surface area contributed by atoms with Crippen LogP contribution in [0.5, 0.6) is 0 Å². The van der Waals surface area contributed by atoms with E-state index >= 15 is 0 Å². The zero-order valence-corrected chi connectivity index (χ0v) is 13.1. The molecule has 1 aromatic rings. The summed E-state index contributed by atoms with van der Waals surface area (Å²) in [5.41, 5.74) is 0. The molecule has 8 heteroatoms. The van der Waals surface area contributed by atoms with E-state index in [-0.39, 0.29) is 6.61 Å². The number of aliphatic hydroxyl groups excluding tert-OH is 1. The van der Waals surface area contributed by atoms with Crippen LogP contribution < -0.4 is 10.2 Å². The lowest BCUT2D eigenvalue weighted by molar-refractivity contribution is -0.146. The summed E-state index contributed by atoms with van der Waals surface area (Å²) in [5.74, 6) is -0.396. The molecule has 1 aliphatic heterocycles. The number of aromatic nitrogens is 2. The van der Waals surface area contributed by atoms with Gasteiger partial charge in [0.25, 0.3) is 0 Å². The van der Waals surface area contributed by atoms with Crippen LogP contribution in [0.3, 0.4) is 0 Å². The molecule has 1 fully saturated rings. The third-order valence-corrected chi connectivity index (χ3v) is 3.72. The smallest absolute Gasteiger partial charge is 0.312 e. The van der Waals surface area contributed by atoms with Crippen LogP contribution in [0.25, 0.3) is 0 Å². The van der Waals surface area contributed by atoms with E-state index in [0.717, 1.165) is 12.8 Å². The van der Waals surface area contributed by atoms with E-state index in [1.165, 1.54) is 0 Å². The van der Waals surface area contributed by atoms with Crippen molar-refractivity contribution >= 4 is 17.8 Å². The van der Waals surface area contributed by atoms with E-state index in [2.05, 4.69) is 15.3 Å². The standard InChI is InChI=1S/C15H23N5O3/c21-12-3-1-2-5-16-13(22)14(23)19-8-10-20(11-9-19)15-17-6-4-7-18-15/h4,6-7,21H,1-3,5,8-12H2,(H,16,22). The van der Waals surface area contributed by atoms with Crippen LogP contribution in [0.15, 0.2) is 18.5 Å². The Labute approximate surface area is 135 Å². The van der Waals surface area contributed by atoms with Gasteiger partial charge in [-0.2, -0.15) is 0 Å². The third kappa shape index (κ3) is 5.17. The number of rotatable bonds is 6. The minimum Gasteiger partial charge on any atom is -0.396 e. The number of hydrogen-bond acceptors (Lipinski definition) is 6. The second kappa shape index (κ2) is 9.04. The van der Waals surface area contributed by atoms with Gasteiger partial charge in [-0.05, 0) is 25.3 Å². The van der Waals surface area contributed by atoms with Gasteiger partial charge in [0.15, 0.2) is 0 Å². The Hall–Kier alpha value is -2.22. The fourth-order valence-electron chi connectivity index (χ4n) is 2.40. The summed E-state index contributed by atoms with van der Waals surface area (Å²) in [6, 6.07) is 1.76. The minimum atomic E-state index is -0.557. The highest BCUT2D eigenvalue weighted by Crippen LogP contribution is 2.09. The second-order valence-corrected chi connectivity index (χ2v) is 5.37. The van der Waals surface area contributed by atoms with Crippen LogP contribution in [0.2, 0.25) is 0 Å². The SMILES string of the molecule is O=C(NCCCCCO)C(=O)N1CCN(c2ncccn2)CC1. The molecule has 0 saturated carbocycles. The van der Waals surface area contributed by atoms with Gasteiger partial charge >= 0.3 is 11.8 Å². The van der Waals surface area contributed by atoms with E-state index in [0.29, 0.717) is 45.1 Å². The molecule has 0 aromatic carbocycles. The van der Waals surface area contributed by atoms with Gasteiger partial charge in [-0.1, -0.05) is 0 Å². The second-order valence-electron chi connectivity index (χ2n) is 5.37. The zero-order valence-electron chi connectivity index (χ0n) is 13.1. The van der Waals surface area contributed by atoms with Crippen LogP contribution in [0, 0.1) is 0 Å². The molecule has 126 valence electrons. The van der Waals surface area contributed by atoms with Crippen LogP contribution in [0.4, 0.5) is 5.95 Å². The average Bonchev–Trinajstić information content (AvgIpc) is 2.61. The Kier molecular flexibility index (Phi) is 6.74. The minimum absolute atomic E-state index is 0.155. The highest BCUT2D eigenvalue weighted by atomic mass is 16.3. The number of amides is 2. The first-order valence-corrected chi connectivity index (χ1v) is 7.92. The largest absolute Gasteiger partial charge is 0.396 e. The molecule has 0 bridgehead atoms. The van der Waals surface area contributed by atoms with Gasteiger partial charge in [-0.3, -0.25) is 9.59 Å². The fourth-order valence-corrected chi connectivity index (χ4v) is 2.40. The third-order valence-electron chi connectivity index (χ3n) is 3.72. The van der Waals surface area contributed by atoms with Gasteiger partial charge in [0, 0.05) is 51.7 Å². The molecule has 0 atom stereocenters. The average molecular weight is 321 g/mol.